The Kier molecular flexibility index (Phi) is 4.05. The van der Waals surface area contributed by atoms with E-state index >= 15 is 0 Å². The molecule has 1 heterocycles. The summed E-state index contributed by atoms with van der Waals surface area (Å²) in [5.41, 5.74) is 2.54. The van der Waals surface area contributed by atoms with E-state index in [0.29, 0.717) is 12.6 Å². The maximum atomic E-state index is 13.6. The van der Waals surface area contributed by atoms with Gasteiger partial charge in [-0.15, -0.1) is 0 Å². The van der Waals surface area contributed by atoms with Gasteiger partial charge < -0.3 is 5.32 Å². The summed E-state index contributed by atoms with van der Waals surface area (Å²) in [5.74, 6) is -0.223. The van der Waals surface area contributed by atoms with Gasteiger partial charge in [-0.1, -0.05) is 19.9 Å². The molecule has 1 aromatic carbocycles. The number of benzene rings is 1. The van der Waals surface area contributed by atoms with Crippen LogP contribution >= 0.6 is 0 Å². The smallest absolute Gasteiger partial charge is 0.124 e. The van der Waals surface area contributed by atoms with Crippen LogP contribution in [0.1, 0.15) is 19.4 Å². The van der Waals surface area contributed by atoms with Crippen molar-refractivity contribution in [1.29, 1.82) is 0 Å². The quantitative estimate of drug-likeness (QED) is 0.891. The van der Waals surface area contributed by atoms with Gasteiger partial charge in [0.25, 0.3) is 0 Å². The molecule has 0 unspecified atom stereocenters. The maximum absolute atomic E-state index is 13.6. The molecule has 2 aromatic rings. The van der Waals surface area contributed by atoms with Gasteiger partial charge in [0, 0.05) is 24.3 Å². The van der Waals surface area contributed by atoms with Gasteiger partial charge in [-0.25, -0.2) is 4.39 Å². The Morgan fingerprint density at radius 2 is 2.06 bits per heavy atom. The van der Waals surface area contributed by atoms with Crippen LogP contribution in [0.3, 0.4) is 0 Å². The normalized spacial score (nSPS) is 10.9. The Balaban J connectivity index is 2.27. The summed E-state index contributed by atoms with van der Waals surface area (Å²) in [6.07, 6.45) is 1.71. The first kappa shape index (κ1) is 12.7. The SMILES string of the molecule is CC(C)NCc1cc(F)cc(-c2ccccn2)c1. The van der Waals surface area contributed by atoms with E-state index in [9.17, 15) is 4.39 Å². The summed E-state index contributed by atoms with van der Waals surface area (Å²) >= 11 is 0. The molecule has 2 nitrogen and oxygen atoms in total. The lowest BCUT2D eigenvalue weighted by Crippen LogP contribution is -2.21. The lowest BCUT2D eigenvalue weighted by molar-refractivity contribution is 0.581. The van der Waals surface area contributed by atoms with Gasteiger partial charge in [-0.2, -0.15) is 0 Å². The number of hydrogen-bond acceptors (Lipinski definition) is 2. The van der Waals surface area contributed by atoms with E-state index in [-0.39, 0.29) is 5.82 Å². The first-order chi connectivity index (χ1) is 8.65. The molecule has 0 atom stereocenters. The largest absolute Gasteiger partial charge is 0.310 e. The zero-order valence-electron chi connectivity index (χ0n) is 10.7. The van der Waals surface area contributed by atoms with E-state index < -0.39 is 0 Å². The molecule has 0 radical (unpaired) electrons. The van der Waals surface area contributed by atoms with Crippen LogP contribution in [0.25, 0.3) is 11.3 Å². The number of aromatic nitrogens is 1. The van der Waals surface area contributed by atoms with Crippen molar-refractivity contribution in [2.75, 3.05) is 0 Å². The lowest BCUT2D eigenvalue weighted by atomic mass is 10.1. The van der Waals surface area contributed by atoms with Crippen LogP contribution in [-0.2, 0) is 6.54 Å². The van der Waals surface area contributed by atoms with Crippen molar-refractivity contribution in [3.63, 3.8) is 0 Å². The van der Waals surface area contributed by atoms with E-state index in [1.165, 1.54) is 6.07 Å². The molecule has 0 amide bonds. The summed E-state index contributed by atoms with van der Waals surface area (Å²) < 4.78 is 13.6. The average molecular weight is 244 g/mol. The standard InChI is InChI=1S/C15H17FN2/c1-11(2)18-10-12-7-13(9-14(16)8-12)15-5-3-4-6-17-15/h3-9,11,18H,10H2,1-2H3. The minimum absolute atomic E-state index is 0.223. The summed E-state index contributed by atoms with van der Waals surface area (Å²) in [4.78, 5) is 4.24. The molecule has 0 spiro atoms. The predicted molar refractivity (Wildman–Crippen MR) is 71.6 cm³/mol. The minimum Gasteiger partial charge on any atom is -0.310 e. The molecular formula is C15H17FN2. The van der Waals surface area contributed by atoms with Crippen LogP contribution in [0.4, 0.5) is 4.39 Å². The van der Waals surface area contributed by atoms with Gasteiger partial charge in [-0.3, -0.25) is 4.98 Å². The van der Waals surface area contributed by atoms with Crippen LogP contribution in [0.2, 0.25) is 0 Å². The summed E-state index contributed by atoms with van der Waals surface area (Å²) in [6.45, 7) is 4.80. The second-order valence-corrected chi connectivity index (χ2v) is 4.60. The minimum atomic E-state index is -0.223. The Morgan fingerprint density at radius 3 is 2.72 bits per heavy atom. The second-order valence-electron chi connectivity index (χ2n) is 4.60. The number of hydrogen-bond donors (Lipinski definition) is 1. The van der Waals surface area contributed by atoms with Crippen molar-refractivity contribution >= 4 is 0 Å². The van der Waals surface area contributed by atoms with Crippen LogP contribution < -0.4 is 5.32 Å². The van der Waals surface area contributed by atoms with Gasteiger partial charge in [-0.05, 0) is 35.9 Å². The van der Waals surface area contributed by atoms with E-state index in [4.69, 9.17) is 0 Å². The molecule has 3 heteroatoms. The molecule has 1 aromatic heterocycles. The fraction of sp³-hybridized carbons (Fsp3) is 0.267. The van der Waals surface area contributed by atoms with Crippen molar-refractivity contribution < 1.29 is 4.39 Å². The number of rotatable bonds is 4. The summed E-state index contributed by atoms with van der Waals surface area (Å²) in [7, 11) is 0. The molecule has 2 rings (SSSR count). The zero-order valence-corrected chi connectivity index (χ0v) is 10.7. The molecule has 0 fully saturated rings. The van der Waals surface area contributed by atoms with E-state index in [1.54, 1.807) is 12.3 Å². The van der Waals surface area contributed by atoms with Crippen molar-refractivity contribution in [2.24, 2.45) is 0 Å². The molecule has 1 N–H and O–H groups in total. The van der Waals surface area contributed by atoms with Gasteiger partial charge >= 0.3 is 0 Å². The second kappa shape index (κ2) is 5.74. The lowest BCUT2D eigenvalue weighted by Gasteiger charge is -2.10. The molecule has 0 aliphatic heterocycles. The molecule has 94 valence electrons. The topological polar surface area (TPSA) is 24.9 Å². The fourth-order valence-electron chi connectivity index (χ4n) is 1.76. The highest BCUT2D eigenvalue weighted by atomic mass is 19.1. The third kappa shape index (κ3) is 3.37. The first-order valence-corrected chi connectivity index (χ1v) is 6.09. The number of halogens is 1. The van der Waals surface area contributed by atoms with Crippen LogP contribution in [0.15, 0.2) is 42.6 Å². The Morgan fingerprint density at radius 1 is 1.22 bits per heavy atom. The molecule has 18 heavy (non-hydrogen) atoms. The molecule has 0 aliphatic carbocycles. The van der Waals surface area contributed by atoms with Crippen molar-refractivity contribution in [1.82, 2.24) is 10.3 Å². The highest BCUT2D eigenvalue weighted by Gasteiger charge is 2.04. The van der Waals surface area contributed by atoms with Crippen LogP contribution in [0.5, 0.6) is 0 Å². The Labute approximate surface area is 107 Å². The van der Waals surface area contributed by atoms with Gasteiger partial charge in [0.15, 0.2) is 0 Å². The molecule has 0 saturated carbocycles. The molecular weight excluding hydrogens is 227 g/mol. The number of nitrogens with one attached hydrogen (secondary N) is 1. The monoisotopic (exact) mass is 244 g/mol. The fourth-order valence-corrected chi connectivity index (χ4v) is 1.76. The molecule has 0 aliphatic rings. The van der Waals surface area contributed by atoms with E-state index in [2.05, 4.69) is 24.1 Å². The highest BCUT2D eigenvalue weighted by molar-refractivity contribution is 5.59. The number of nitrogens with zero attached hydrogens (tertiary/aromatic N) is 1. The highest BCUT2D eigenvalue weighted by Crippen LogP contribution is 2.19. The summed E-state index contributed by atoms with van der Waals surface area (Å²) in [6, 6.07) is 11.1. The van der Waals surface area contributed by atoms with Gasteiger partial charge in [0.05, 0.1) is 5.69 Å². The van der Waals surface area contributed by atoms with Crippen molar-refractivity contribution in [2.45, 2.75) is 26.4 Å². The van der Waals surface area contributed by atoms with E-state index in [0.717, 1.165) is 16.8 Å². The van der Waals surface area contributed by atoms with Gasteiger partial charge in [0.1, 0.15) is 5.82 Å². The Hall–Kier alpha value is -1.74. The summed E-state index contributed by atoms with van der Waals surface area (Å²) in [5, 5.41) is 3.28. The zero-order chi connectivity index (χ0) is 13.0. The predicted octanol–water partition coefficient (Wildman–Crippen LogP) is 3.39. The first-order valence-electron chi connectivity index (χ1n) is 6.09. The average Bonchev–Trinajstić information content (AvgIpc) is 2.37. The maximum Gasteiger partial charge on any atom is 0.124 e. The van der Waals surface area contributed by atoms with Crippen LogP contribution in [0, 0.1) is 5.82 Å². The number of pyridine rings is 1. The third-order valence-corrected chi connectivity index (χ3v) is 2.63. The van der Waals surface area contributed by atoms with E-state index in [1.807, 2.05) is 24.3 Å². The van der Waals surface area contributed by atoms with Crippen LogP contribution in [-0.4, -0.2) is 11.0 Å². The molecule has 0 saturated heterocycles. The Bertz CT molecular complexity index is 509. The van der Waals surface area contributed by atoms with Crippen molar-refractivity contribution in [3.05, 3.63) is 54.0 Å². The third-order valence-electron chi connectivity index (χ3n) is 2.63. The van der Waals surface area contributed by atoms with Gasteiger partial charge in [0.2, 0.25) is 0 Å². The molecule has 0 bridgehead atoms. The van der Waals surface area contributed by atoms with Crippen molar-refractivity contribution in [3.8, 4) is 11.3 Å².